The Kier molecular flexibility index (Phi) is 3.05. The van der Waals surface area contributed by atoms with E-state index in [4.69, 9.17) is 5.73 Å². The van der Waals surface area contributed by atoms with Gasteiger partial charge in [0.05, 0.1) is 5.56 Å². The third-order valence-corrected chi connectivity index (χ3v) is 3.64. The summed E-state index contributed by atoms with van der Waals surface area (Å²) in [6.45, 7) is 0.271. The lowest BCUT2D eigenvalue weighted by atomic mass is 9.90. The average molecular weight is 258 g/mol. The standard InChI is InChI=1S/C13H17F3N2/c1-18(2)9-3-4-10(13(14,15)16)11(7-9)12(8-17)5-6-12/h3-4,7H,5-6,8,17H2,1-2H3. The maximum absolute atomic E-state index is 13.0. The zero-order chi connectivity index (χ0) is 13.6. The van der Waals surface area contributed by atoms with E-state index < -0.39 is 17.2 Å². The highest BCUT2D eigenvalue weighted by molar-refractivity contribution is 5.54. The molecule has 5 heteroatoms. The first-order valence-electron chi connectivity index (χ1n) is 5.89. The van der Waals surface area contributed by atoms with Gasteiger partial charge in [-0.2, -0.15) is 13.2 Å². The topological polar surface area (TPSA) is 29.3 Å². The number of hydrogen-bond donors (Lipinski definition) is 1. The zero-order valence-corrected chi connectivity index (χ0v) is 10.5. The van der Waals surface area contributed by atoms with Crippen LogP contribution in [0.1, 0.15) is 24.0 Å². The fourth-order valence-corrected chi connectivity index (χ4v) is 2.23. The predicted molar refractivity (Wildman–Crippen MR) is 65.7 cm³/mol. The summed E-state index contributed by atoms with van der Waals surface area (Å²) in [6, 6.07) is 4.29. The van der Waals surface area contributed by atoms with Crippen molar-refractivity contribution < 1.29 is 13.2 Å². The summed E-state index contributed by atoms with van der Waals surface area (Å²) in [7, 11) is 3.63. The van der Waals surface area contributed by atoms with Crippen LogP contribution in [0.5, 0.6) is 0 Å². The lowest BCUT2D eigenvalue weighted by Crippen LogP contribution is -2.24. The van der Waals surface area contributed by atoms with Gasteiger partial charge in [-0.3, -0.25) is 0 Å². The third kappa shape index (κ3) is 2.19. The first-order chi connectivity index (χ1) is 8.30. The monoisotopic (exact) mass is 258 g/mol. The highest BCUT2D eigenvalue weighted by Crippen LogP contribution is 2.51. The first kappa shape index (κ1) is 13.2. The van der Waals surface area contributed by atoms with Crippen molar-refractivity contribution in [3.05, 3.63) is 29.3 Å². The van der Waals surface area contributed by atoms with E-state index in [1.165, 1.54) is 12.1 Å². The molecule has 1 aromatic carbocycles. The molecule has 0 aromatic heterocycles. The molecule has 1 saturated carbocycles. The Hall–Kier alpha value is -1.23. The number of anilines is 1. The molecule has 2 nitrogen and oxygen atoms in total. The highest BCUT2D eigenvalue weighted by Gasteiger charge is 2.48. The lowest BCUT2D eigenvalue weighted by Gasteiger charge is -2.23. The van der Waals surface area contributed by atoms with Gasteiger partial charge in [-0.1, -0.05) is 0 Å². The molecule has 0 aliphatic heterocycles. The normalized spacial score (nSPS) is 17.7. The molecule has 0 saturated heterocycles. The Labute approximate surface area is 105 Å². The Morgan fingerprint density at radius 2 is 1.89 bits per heavy atom. The summed E-state index contributed by atoms with van der Waals surface area (Å²) >= 11 is 0. The second-order valence-corrected chi connectivity index (χ2v) is 5.11. The number of benzene rings is 1. The summed E-state index contributed by atoms with van der Waals surface area (Å²) in [5.41, 5.74) is 5.78. The number of nitrogens with zero attached hydrogens (tertiary/aromatic N) is 1. The van der Waals surface area contributed by atoms with Crippen LogP contribution in [0, 0.1) is 0 Å². The second-order valence-electron chi connectivity index (χ2n) is 5.11. The third-order valence-electron chi connectivity index (χ3n) is 3.64. The fourth-order valence-electron chi connectivity index (χ4n) is 2.23. The highest BCUT2D eigenvalue weighted by atomic mass is 19.4. The van der Waals surface area contributed by atoms with Gasteiger partial charge in [0.15, 0.2) is 0 Å². The maximum atomic E-state index is 13.0. The van der Waals surface area contributed by atoms with E-state index in [0.29, 0.717) is 5.56 Å². The average Bonchev–Trinajstić information content (AvgIpc) is 3.07. The Morgan fingerprint density at radius 1 is 1.28 bits per heavy atom. The maximum Gasteiger partial charge on any atom is 0.416 e. The van der Waals surface area contributed by atoms with Crippen molar-refractivity contribution in [2.75, 3.05) is 25.5 Å². The van der Waals surface area contributed by atoms with E-state index in [0.717, 1.165) is 18.5 Å². The summed E-state index contributed by atoms with van der Waals surface area (Å²) in [6.07, 6.45) is -2.84. The van der Waals surface area contributed by atoms with Gasteiger partial charge in [-0.15, -0.1) is 0 Å². The Morgan fingerprint density at radius 3 is 2.28 bits per heavy atom. The van der Waals surface area contributed by atoms with Crippen LogP contribution in [-0.4, -0.2) is 20.6 Å². The molecule has 100 valence electrons. The number of hydrogen-bond acceptors (Lipinski definition) is 2. The number of nitrogens with two attached hydrogens (primary N) is 1. The number of rotatable bonds is 3. The van der Waals surface area contributed by atoms with Gasteiger partial charge in [0.2, 0.25) is 0 Å². The van der Waals surface area contributed by atoms with Crippen LogP contribution in [0.15, 0.2) is 18.2 Å². The van der Waals surface area contributed by atoms with Crippen LogP contribution in [0.4, 0.5) is 18.9 Å². The van der Waals surface area contributed by atoms with Crippen molar-refractivity contribution in [2.45, 2.75) is 24.4 Å². The number of halogens is 3. The SMILES string of the molecule is CN(C)c1ccc(C(F)(F)F)c(C2(CN)CC2)c1. The van der Waals surface area contributed by atoms with Gasteiger partial charge >= 0.3 is 6.18 Å². The van der Waals surface area contributed by atoms with Crippen molar-refractivity contribution in [2.24, 2.45) is 5.73 Å². The minimum atomic E-state index is -4.31. The van der Waals surface area contributed by atoms with E-state index in [2.05, 4.69) is 0 Å². The van der Waals surface area contributed by atoms with Crippen LogP contribution < -0.4 is 10.6 Å². The molecule has 0 atom stereocenters. The van der Waals surface area contributed by atoms with Gasteiger partial charge in [0, 0.05) is 31.7 Å². The Bertz CT molecular complexity index is 448. The van der Waals surface area contributed by atoms with E-state index in [1.807, 2.05) is 14.1 Å². The quantitative estimate of drug-likeness (QED) is 0.903. The van der Waals surface area contributed by atoms with Gasteiger partial charge in [0.25, 0.3) is 0 Å². The minimum Gasteiger partial charge on any atom is -0.378 e. The zero-order valence-electron chi connectivity index (χ0n) is 10.5. The van der Waals surface area contributed by atoms with Crippen molar-refractivity contribution in [1.29, 1.82) is 0 Å². The first-order valence-corrected chi connectivity index (χ1v) is 5.89. The van der Waals surface area contributed by atoms with Crippen LogP contribution in [0.3, 0.4) is 0 Å². The van der Waals surface area contributed by atoms with Crippen molar-refractivity contribution in [1.82, 2.24) is 0 Å². The summed E-state index contributed by atoms with van der Waals surface area (Å²) < 4.78 is 39.1. The fraction of sp³-hybridized carbons (Fsp3) is 0.538. The van der Waals surface area contributed by atoms with E-state index in [1.54, 1.807) is 11.0 Å². The molecule has 18 heavy (non-hydrogen) atoms. The minimum absolute atomic E-state index is 0.271. The molecular formula is C13H17F3N2. The molecule has 1 fully saturated rings. The van der Waals surface area contributed by atoms with Crippen LogP contribution >= 0.6 is 0 Å². The summed E-state index contributed by atoms with van der Waals surface area (Å²) in [5, 5.41) is 0. The molecule has 1 aliphatic rings. The molecule has 2 N–H and O–H groups in total. The lowest BCUT2D eigenvalue weighted by molar-refractivity contribution is -0.138. The summed E-state index contributed by atoms with van der Waals surface area (Å²) in [4.78, 5) is 1.80. The molecule has 0 bridgehead atoms. The van der Waals surface area contributed by atoms with Crippen LogP contribution in [0.2, 0.25) is 0 Å². The van der Waals surface area contributed by atoms with Crippen molar-refractivity contribution >= 4 is 5.69 Å². The molecule has 0 unspecified atom stereocenters. The van der Waals surface area contributed by atoms with E-state index >= 15 is 0 Å². The number of alkyl halides is 3. The smallest absolute Gasteiger partial charge is 0.378 e. The Balaban J connectivity index is 2.55. The van der Waals surface area contributed by atoms with Gasteiger partial charge < -0.3 is 10.6 Å². The van der Waals surface area contributed by atoms with E-state index in [9.17, 15) is 13.2 Å². The molecule has 0 heterocycles. The predicted octanol–water partition coefficient (Wildman–Crippen LogP) is 2.76. The molecule has 0 spiro atoms. The molecular weight excluding hydrogens is 241 g/mol. The molecule has 1 aliphatic carbocycles. The summed E-state index contributed by atoms with van der Waals surface area (Å²) in [5.74, 6) is 0. The largest absolute Gasteiger partial charge is 0.416 e. The van der Waals surface area contributed by atoms with Crippen LogP contribution in [-0.2, 0) is 11.6 Å². The molecule has 2 rings (SSSR count). The van der Waals surface area contributed by atoms with Gasteiger partial charge in [-0.25, -0.2) is 0 Å². The molecule has 1 aromatic rings. The van der Waals surface area contributed by atoms with Crippen molar-refractivity contribution in [3.8, 4) is 0 Å². The van der Waals surface area contributed by atoms with Crippen molar-refractivity contribution in [3.63, 3.8) is 0 Å². The van der Waals surface area contributed by atoms with Gasteiger partial charge in [0.1, 0.15) is 0 Å². The molecule has 0 radical (unpaired) electrons. The van der Waals surface area contributed by atoms with Crippen LogP contribution in [0.25, 0.3) is 0 Å². The molecule has 0 amide bonds. The van der Waals surface area contributed by atoms with E-state index in [-0.39, 0.29) is 6.54 Å². The van der Waals surface area contributed by atoms with Gasteiger partial charge in [-0.05, 0) is 36.6 Å². The second kappa shape index (κ2) is 4.16.